The monoisotopic (exact) mass is 281 g/mol. The van der Waals surface area contributed by atoms with Gasteiger partial charge >= 0.3 is 0 Å². The number of hydrogen-bond acceptors (Lipinski definition) is 2. The van der Waals surface area contributed by atoms with Crippen LogP contribution in [-0.2, 0) is 19.7 Å². The highest BCUT2D eigenvalue weighted by atomic mass is 19.2. The van der Waals surface area contributed by atoms with Crippen molar-refractivity contribution >= 4 is 0 Å². The topological polar surface area (TPSA) is 32.3 Å². The van der Waals surface area contributed by atoms with Crippen LogP contribution >= 0.6 is 0 Å². The summed E-state index contributed by atoms with van der Waals surface area (Å²) in [7, 11) is 0. The highest BCUT2D eigenvalue weighted by Crippen LogP contribution is 2.14. The van der Waals surface area contributed by atoms with Crippen LogP contribution in [0.2, 0.25) is 0 Å². The Hall–Kier alpha value is -1.85. The third-order valence-corrected chi connectivity index (χ3v) is 2.98. The molecule has 2 aromatic carbocycles. The van der Waals surface area contributed by atoms with Crippen molar-refractivity contribution < 1.29 is 18.3 Å². The van der Waals surface area contributed by atoms with Gasteiger partial charge in [-0.1, -0.05) is 24.3 Å². The van der Waals surface area contributed by atoms with Crippen LogP contribution in [0.5, 0.6) is 0 Å². The fourth-order valence-electron chi connectivity index (χ4n) is 1.94. The maximum absolute atomic E-state index is 13.0. The second-order valence-corrected chi connectivity index (χ2v) is 4.40. The molecule has 0 aromatic heterocycles. The molecule has 0 fully saturated rings. The predicted molar refractivity (Wildman–Crippen MR) is 69.2 cm³/mol. The fraction of sp³-hybridized carbons (Fsp3) is 0.200. The molecule has 2 rings (SSSR count). The zero-order chi connectivity index (χ0) is 14.5. The molecule has 0 saturated carbocycles. The molecule has 0 unspecified atom stereocenters. The molecule has 20 heavy (non-hydrogen) atoms. The van der Waals surface area contributed by atoms with Crippen molar-refractivity contribution in [2.75, 3.05) is 0 Å². The Morgan fingerprint density at radius 2 is 1.50 bits per heavy atom. The molecule has 0 bridgehead atoms. The number of aliphatic hydroxyl groups is 1. The van der Waals surface area contributed by atoms with Gasteiger partial charge in [-0.15, -0.1) is 0 Å². The Balaban J connectivity index is 1.99. The largest absolute Gasteiger partial charge is 0.392 e. The van der Waals surface area contributed by atoms with Gasteiger partial charge in [-0.25, -0.2) is 13.2 Å². The molecular formula is C15H14F3NO. The normalized spacial score (nSPS) is 10.8. The van der Waals surface area contributed by atoms with Crippen LogP contribution in [0.25, 0.3) is 0 Å². The van der Waals surface area contributed by atoms with Gasteiger partial charge in [0.25, 0.3) is 0 Å². The average molecular weight is 281 g/mol. The maximum Gasteiger partial charge on any atom is 0.194 e. The summed E-state index contributed by atoms with van der Waals surface area (Å²) in [6, 6.07) is 9.23. The van der Waals surface area contributed by atoms with E-state index in [1.807, 2.05) is 18.2 Å². The summed E-state index contributed by atoms with van der Waals surface area (Å²) in [6.45, 7) is 0.572. The molecule has 0 saturated heterocycles. The lowest BCUT2D eigenvalue weighted by atomic mass is 10.1. The second-order valence-electron chi connectivity index (χ2n) is 4.40. The number of benzene rings is 2. The molecule has 5 heteroatoms. The summed E-state index contributed by atoms with van der Waals surface area (Å²) < 4.78 is 38.9. The molecule has 2 N–H and O–H groups in total. The van der Waals surface area contributed by atoms with E-state index in [0.717, 1.165) is 23.3 Å². The van der Waals surface area contributed by atoms with E-state index in [2.05, 4.69) is 5.32 Å². The third kappa shape index (κ3) is 3.37. The summed E-state index contributed by atoms with van der Waals surface area (Å²) in [4.78, 5) is 0. The third-order valence-electron chi connectivity index (χ3n) is 2.98. The van der Waals surface area contributed by atoms with E-state index in [1.165, 1.54) is 0 Å². The van der Waals surface area contributed by atoms with E-state index in [1.54, 1.807) is 6.07 Å². The molecule has 2 nitrogen and oxygen atoms in total. The first-order chi connectivity index (χ1) is 9.61. The number of hydrogen-bond donors (Lipinski definition) is 2. The van der Waals surface area contributed by atoms with E-state index in [0.29, 0.717) is 12.1 Å². The summed E-state index contributed by atoms with van der Waals surface area (Å²) in [5.41, 5.74) is 2.01. The molecule has 0 aliphatic heterocycles. The van der Waals surface area contributed by atoms with Crippen molar-refractivity contribution in [3.05, 3.63) is 70.5 Å². The fourth-order valence-corrected chi connectivity index (χ4v) is 1.94. The number of halogens is 3. The quantitative estimate of drug-likeness (QED) is 0.826. The first kappa shape index (κ1) is 14.6. The summed E-state index contributed by atoms with van der Waals surface area (Å²) in [5.74, 6) is -3.85. The maximum atomic E-state index is 13.0. The van der Waals surface area contributed by atoms with Gasteiger partial charge in [0.15, 0.2) is 17.5 Å². The van der Waals surface area contributed by atoms with Gasteiger partial charge in [-0.05, 0) is 28.8 Å². The van der Waals surface area contributed by atoms with Gasteiger partial charge in [-0.3, -0.25) is 0 Å². The van der Waals surface area contributed by atoms with Crippen LogP contribution in [0.15, 0.2) is 36.4 Å². The van der Waals surface area contributed by atoms with Gasteiger partial charge in [-0.2, -0.15) is 0 Å². The Labute approximate surface area is 114 Å². The lowest BCUT2D eigenvalue weighted by molar-refractivity contribution is 0.280. The van der Waals surface area contributed by atoms with E-state index in [9.17, 15) is 13.2 Å². The summed E-state index contributed by atoms with van der Waals surface area (Å²) in [6.07, 6.45) is 0. The molecule has 0 atom stereocenters. The highest BCUT2D eigenvalue weighted by Gasteiger charge is 2.10. The molecular weight excluding hydrogens is 267 g/mol. The predicted octanol–water partition coefficient (Wildman–Crippen LogP) is 2.89. The van der Waals surface area contributed by atoms with Gasteiger partial charge in [0.1, 0.15) is 0 Å². The molecule has 0 radical (unpaired) electrons. The van der Waals surface area contributed by atoms with Crippen LogP contribution < -0.4 is 5.32 Å². The minimum absolute atomic E-state index is 0.0718. The van der Waals surface area contributed by atoms with Crippen molar-refractivity contribution in [1.82, 2.24) is 5.32 Å². The Kier molecular flexibility index (Phi) is 4.76. The van der Waals surface area contributed by atoms with Gasteiger partial charge in [0.05, 0.1) is 6.61 Å². The Morgan fingerprint density at radius 3 is 2.10 bits per heavy atom. The van der Waals surface area contributed by atoms with Gasteiger partial charge in [0, 0.05) is 13.1 Å². The first-order valence-corrected chi connectivity index (χ1v) is 6.13. The Bertz CT molecular complexity index is 578. The zero-order valence-electron chi connectivity index (χ0n) is 10.7. The molecule has 0 aliphatic carbocycles. The second kappa shape index (κ2) is 6.54. The lowest BCUT2D eigenvalue weighted by Crippen LogP contribution is -2.14. The number of nitrogens with one attached hydrogen (secondary N) is 1. The minimum Gasteiger partial charge on any atom is -0.392 e. The van der Waals surface area contributed by atoms with Gasteiger partial charge in [0.2, 0.25) is 0 Å². The molecule has 0 amide bonds. The molecule has 2 aromatic rings. The molecule has 106 valence electrons. The molecule has 0 heterocycles. The van der Waals surface area contributed by atoms with E-state index >= 15 is 0 Å². The van der Waals surface area contributed by atoms with E-state index < -0.39 is 17.5 Å². The summed E-state index contributed by atoms with van der Waals surface area (Å²) >= 11 is 0. The van der Waals surface area contributed by atoms with Gasteiger partial charge < -0.3 is 10.4 Å². The Morgan fingerprint density at radius 1 is 0.900 bits per heavy atom. The van der Waals surface area contributed by atoms with Crippen molar-refractivity contribution in [1.29, 1.82) is 0 Å². The van der Waals surface area contributed by atoms with Crippen molar-refractivity contribution in [3.8, 4) is 0 Å². The van der Waals surface area contributed by atoms with E-state index in [4.69, 9.17) is 5.11 Å². The smallest absolute Gasteiger partial charge is 0.194 e. The van der Waals surface area contributed by atoms with Crippen LogP contribution in [0.3, 0.4) is 0 Å². The van der Waals surface area contributed by atoms with Crippen LogP contribution in [0.4, 0.5) is 13.2 Å². The highest BCUT2D eigenvalue weighted by molar-refractivity contribution is 5.26. The lowest BCUT2D eigenvalue weighted by Gasteiger charge is -2.09. The van der Waals surface area contributed by atoms with Crippen LogP contribution in [-0.4, -0.2) is 5.11 Å². The SMILES string of the molecule is OCc1ccccc1CNCc1cc(F)c(F)c(F)c1. The molecule has 0 spiro atoms. The van der Waals surface area contributed by atoms with Crippen molar-refractivity contribution in [2.24, 2.45) is 0 Å². The van der Waals surface area contributed by atoms with Crippen LogP contribution in [0.1, 0.15) is 16.7 Å². The minimum atomic E-state index is -1.46. The zero-order valence-corrected chi connectivity index (χ0v) is 10.7. The van der Waals surface area contributed by atoms with Crippen molar-refractivity contribution in [2.45, 2.75) is 19.7 Å². The van der Waals surface area contributed by atoms with Crippen molar-refractivity contribution in [3.63, 3.8) is 0 Å². The standard InChI is InChI=1S/C15H14F3NO/c16-13-5-10(6-14(17)15(13)18)7-19-8-11-3-1-2-4-12(11)9-20/h1-6,19-20H,7-9H2. The van der Waals surface area contributed by atoms with Crippen LogP contribution in [0, 0.1) is 17.5 Å². The number of aliphatic hydroxyl groups excluding tert-OH is 1. The average Bonchev–Trinajstić information content (AvgIpc) is 2.45. The summed E-state index contributed by atoms with van der Waals surface area (Å²) in [5, 5.41) is 12.2. The molecule has 0 aliphatic rings. The first-order valence-electron chi connectivity index (χ1n) is 6.13. The van der Waals surface area contributed by atoms with E-state index in [-0.39, 0.29) is 13.2 Å². The number of rotatable bonds is 5.